The van der Waals surface area contributed by atoms with Gasteiger partial charge in [-0.2, -0.15) is 0 Å². The van der Waals surface area contributed by atoms with E-state index in [4.69, 9.17) is 4.74 Å². The normalized spacial score (nSPS) is 17.0. The molecule has 5 nitrogen and oxygen atoms in total. The number of rotatable bonds is 7. The minimum absolute atomic E-state index is 0.0372. The van der Waals surface area contributed by atoms with Crippen LogP contribution >= 0.6 is 0 Å². The van der Waals surface area contributed by atoms with Crippen LogP contribution in [-0.4, -0.2) is 49.1 Å². The van der Waals surface area contributed by atoms with Gasteiger partial charge in [-0.05, 0) is 36.0 Å². The Bertz CT molecular complexity index is 598. The summed E-state index contributed by atoms with van der Waals surface area (Å²) in [6, 6.07) is 5.66. The fraction of sp³-hybridized carbons (Fsp3) is 0.600. The second-order valence-corrected chi connectivity index (χ2v) is 7.34. The largest absolute Gasteiger partial charge is 0.378 e. The Hall–Kier alpha value is -1.95. The van der Waals surface area contributed by atoms with Crippen LogP contribution in [0.4, 0.5) is 4.39 Å². The third-order valence-corrected chi connectivity index (χ3v) is 4.59. The van der Waals surface area contributed by atoms with E-state index in [1.807, 2.05) is 20.8 Å². The van der Waals surface area contributed by atoms with E-state index in [1.54, 1.807) is 17.0 Å². The van der Waals surface area contributed by atoms with Crippen molar-refractivity contribution in [2.75, 3.05) is 26.3 Å². The average Bonchev–Trinajstić information content (AvgIpc) is 2.61. The molecular formula is C20H29FN2O3. The molecule has 0 radical (unpaired) electrons. The van der Waals surface area contributed by atoms with Crippen molar-refractivity contribution in [2.24, 2.45) is 5.92 Å². The molecule has 1 aliphatic rings. The van der Waals surface area contributed by atoms with Crippen LogP contribution in [0.1, 0.15) is 45.1 Å². The number of benzene rings is 1. The molecule has 0 aromatic heterocycles. The Morgan fingerprint density at radius 3 is 2.35 bits per heavy atom. The zero-order chi connectivity index (χ0) is 19.1. The van der Waals surface area contributed by atoms with Gasteiger partial charge < -0.3 is 15.0 Å². The Morgan fingerprint density at radius 2 is 1.77 bits per heavy atom. The van der Waals surface area contributed by atoms with Gasteiger partial charge in [0.05, 0.1) is 13.2 Å². The van der Waals surface area contributed by atoms with Gasteiger partial charge in [0, 0.05) is 19.5 Å². The smallest absolute Gasteiger partial charge is 0.245 e. The van der Waals surface area contributed by atoms with E-state index >= 15 is 0 Å². The standard InChI is InChI=1S/C20H29FN2O3/c1-14(2)12-18(20(25)23-8-10-26-11-9-23)22-19(24)13-15(3)16-4-6-17(21)7-5-16/h4-7,14-15,18H,8-13H2,1-3H3,(H,22,24)/t15?,18-/m1/s1. The molecule has 1 saturated heterocycles. The third kappa shape index (κ3) is 6.09. The van der Waals surface area contributed by atoms with Gasteiger partial charge in [-0.15, -0.1) is 0 Å². The number of carbonyl (C=O) groups is 2. The molecule has 0 saturated carbocycles. The number of nitrogens with zero attached hydrogens (tertiary/aromatic N) is 1. The highest BCUT2D eigenvalue weighted by Crippen LogP contribution is 2.19. The van der Waals surface area contributed by atoms with Crippen molar-refractivity contribution in [3.63, 3.8) is 0 Å². The van der Waals surface area contributed by atoms with Gasteiger partial charge in [-0.3, -0.25) is 9.59 Å². The third-order valence-electron chi connectivity index (χ3n) is 4.59. The topological polar surface area (TPSA) is 58.6 Å². The summed E-state index contributed by atoms with van der Waals surface area (Å²) >= 11 is 0. The summed E-state index contributed by atoms with van der Waals surface area (Å²) in [4.78, 5) is 27.0. The summed E-state index contributed by atoms with van der Waals surface area (Å²) in [7, 11) is 0. The first-order valence-electron chi connectivity index (χ1n) is 9.28. The van der Waals surface area contributed by atoms with Gasteiger partial charge in [0.2, 0.25) is 11.8 Å². The van der Waals surface area contributed by atoms with Gasteiger partial charge >= 0.3 is 0 Å². The van der Waals surface area contributed by atoms with Crippen molar-refractivity contribution in [1.82, 2.24) is 10.2 Å². The number of ether oxygens (including phenoxy) is 1. The molecule has 1 unspecified atom stereocenters. The molecule has 1 aromatic carbocycles. The number of amides is 2. The number of morpholine rings is 1. The number of hydrogen-bond acceptors (Lipinski definition) is 3. The van der Waals surface area contributed by atoms with Crippen molar-refractivity contribution in [1.29, 1.82) is 0 Å². The number of halogens is 1. The second-order valence-electron chi connectivity index (χ2n) is 7.34. The molecule has 0 aliphatic carbocycles. The maximum Gasteiger partial charge on any atom is 0.245 e. The predicted octanol–water partition coefficient (Wildman–Crippen LogP) is 2.71. The van der Waals surface area contributed by atoms with Crippen LogP contribution in [-0.2, 0) is 14.3 Å². The minimum atomic E-state index is -0.513. The molecule has 0 bridgehead atoms. The zero-order valence-corrected chi connectivity index (χ0v) is 15.8. The van der Waals surface area contributed by atoms with Crippen LogP contribution in [0.25, 0.3) is 0 Å². The molecule has 1 heterocycles. The fourth-order valence-electron chi connectivity index (χ4n) is 3.14. The highest BCUT2D eigenvalue weighted by molar-refractivity contribution is 5.88. The molecule has 1 aromatic rings. The summed E-state index contributed by atoms with van der Waals surface area (Å²) < 4.78 is 18.3. The Kier molecular flexibility index (Phi) is 7.57. The molecule has 6 heteroatoms. The molecule has 2 atom stereocenters. The molecular weight excluding hydrogens is 335 g/mol. The number of nitrogens with one attached hydrogen (secondary N) is 1. The Labute approximate surface area is 154 Å². The molecule has 26 heavy (non-hydrogen) atoms. The molecule has 2 amide bonds. The molecule has 144 valence electrons. The molecule has 1 fully saturated rings. The fourth-order valence-corrected chi connectivity index (χ4v) is 3.14. The van der Waals surface area contributed by atoms with Gasteiger partial charge in [0.25, 0.3) is 0 Å². The first-order valence-corrected chi connectivity index (χ1v) is 9.28. The second kappa shape index (κ2) is 9.67. The molecule has 2 rings (SSSR count). The lowest BCUT2D eigenvalue weighted by atomic mass is 9.96. The summed E-state index contributed by atoms with van der Waals surface area (Å²) in [5, 5.41) is 2.91. The first kappa shape index (κ1) is 20.4. The molecule has 0 spiro atoms. The van der Waals surface area contributed by atoms with Crippen LogP contribution in [0.15, 0.2) is 24.3 Å². The maximum atomic E-state index is 13.0. The van der Waals surface area contributed by atoms with Gasteiger partial charge in [0.15, 0.2) is 0 Å². The quantitative estimate of drug-likeness (QED) is 0.809. The van der Waals surface area contributed by atoms with E-state index in [2.05, 4.69) is 5.32 Å². The summed E-state index contributed by atoms with van der Waals surface area (Å²) in [6.07, 6.45) is 0.865. The van der Waals surface area contributed by atoms with E-state index in [1.165, 1.54) is 12.1 Å². The zero-order valence-electron chi connectivity index (χ0n) is 15.8. The molecule has 1 aliphatic heterocycles. The Morgan fingerprint density at radius 1 is 1.15 bits per heavy atom. The monoisotopic (exact) mass is 364 g/mol. The van der Waals surface area contributed by atoms with Crippen molar-refractivity contribution < 1.29 is 18.7 Å². The summed E-state index contributed by atoms with van der Waals surface area (Å²) in [5.74, 6) is -0.244. The van der Waals surface area contributed by atoms with Crippen LogP contribution in [0.2, 0.25) is 0 Å². The summed E-state index contributed by atoms with van der Waals surface area (Å²) in [5.41, 5.74) is 0.904. The lowest BCUT2D eigenvalue weighted by Crippen LogP contribution is -2.52. The van der Waals surface area contributed by atoms with Crippen molar-refractivity contribution in [2.45, 2.75) is 45.6 Å². The van der Waals surface area contributed by atoms with Crippen molar-refractivity contribution in [3.05, 3.63) is 35.6 Å². The van der Waals surface area contributed by atoms with Gasteiger partial charge in [-0.25, -0.2) is 4.39 Å². The lowest BCUT2D eigenvalue weighted by Gasteiger charge is -2.31. The Balaban J connectivity index is 1.96. The predicted molar refractivity (Wildman–Crippen MR) is 98.2 cm³/mol. The first-order chi connectivity index (χ1) is 12.4. The van der Waals surface area contributed by atoms with E-state index in [0.717, 1.165) is 5.56 Å². The van der Waals surface area contributed by atoms with Gasteiger partial charge in [-0.1, -0.05) is 32.9 Å². The maximum absolute atomic E-state index is 13.0. The van der Waals surface area contributed by atoms with E-state index in [9.17, 15) is 14.0 Å². The summed E-state index contributed by atoms with van der Waals surface area (Å²) in [6.45, 7) is 8.20. The van der Waals surface area contributed by atoms with Crippen LogP contribution < -0.4 is 5.32 Å². The van der Waals surface area contributed by atoms with E-state index < -0.39 is 6.04 Å². The molecule has 1 N–H and O–H groups in total. The SMILES string of the molecule is CC(C)C[C@@H](NC(=O)CC(C)c1ccc(F)cc1)C(=O)N1CCOCC1. The number of carbonyl (C=O) groups excluding carboxylic acids is 2. The van der Waals surface area contributed by atoms with Crippen LogP contribution in [0.5, 0.6) is 0 Å². The van der Waals surface area contributed by atoms with Crippen molar-refractivity contribution >= 4 is 11.8 Å². The van der Waals surface area contributed by atoms with Gasteiger partial charge in [0.1, 0.15) is 11.9 Å². The minimum Gasteiger partial charge on any atom is -0.378 e. The van der Waals surface area contributed by atoms with Crippen molar-refractivity contribution in [3.8, 4) is 0 Å². The average molecular weight is 364 g/mol. The van der Waals surface area contributed by atoms with Crippen LogP contribution in [0.3, 0.4) is 0 Å². The highest BCUT2D eigenvalue weighted by Gasteiger charge is 2.28. The highest BCUT2D eigenvalue weighted by atomic mass is 19.1. The van der Waals surface area contributed by atoms with E-state index in [-0.39, 0.29) is 30.0 Å². The van der Waals surface area contributed by atoms with E-state index in [0.29, 0.717) is 38.6 Å². The lowest BCUT2D eigenvalue weighted by molar-refractivity contribution is -0.140. The number of hydrogen-bond donors (Lipinski definition) is 1. The van der Waals surface area contributed by atoms with Crippen LogP contribution in [0, 0.1) is 11.7 Å².